The molecule has 104 valence electrons. The number of halogens is 2. The normalized spacial score (nSPS) is 23.1. The summed E-state index contributed by atoms with van der Waals surface area (Å²) < 4.78 is 26.2. The molecule has 0 spiro atoms. The van der Waals surface area contributed by atoms with E-state index in [-0.39, 0.29) is 11.6 Å². The quantitative estimate of drug-likeness (QED) is 0.883. The van der Waals surface area contributed by atoms with E-state index < -0.39 is 17.5 Å². The number of amides is 1. The second kappa shape index (κ2) is 6.10. The molecule has 1 saturated carbocycles. The standard InChI is InChI=1S/C14H18F2N2O/c15-10-4-5-12(13(16)7-10)14(19)18-8-9-2-1-3-11(17)6-9/h4-5,7,9,11H,1-3,6,8,17H2,(H,18,19). The molecule has 1 aromatic carbocycles. The van der Waals surface area contributed by atoms with Gasteiger partial charge in [0.15, 0.2) is 0 Å². The second-order valence-corrected chi connectivity index (χ2v) is 5.13. The number of carbonyl (C=O) groups is 1. The van der Waals surface area contributed by atoms with E-state index in [0.717, 1.165) is 37.8 Å². The summed E-state index contributed by atoms with van der Waals surface area (Å²) >= 11 is 0. The molecule has 0 aliphatic heterocycles. The van der Waals surface area contributed by atoms with E-state index >= 15 is 0 Å². The molecule has 3 nitrogen and oxygen atoms in total. The van der Waals surface area contributed by atoms with Crippen LogP contribution >= 0.6 is 0 Å². The lowest BCUT2D eigenvalue weighted by Gasteiger charge is -2.26. The van der Waals surface area contributed by atoms with E-state index in [2.05, 4.69) is 5.32 Å². The number of carbonyl (C=O) groups excluding carboxylic acids is 1. The molecule has 2 unspecified atom stereocenters. The van der Waals surface area contributed by atoms with Gasteiger partial charge in [0, 0.05) is 18.7 Å². The molecule has 2 atom stereocenters. The Balaban J connectivity index is 1.90. The summed E-state index contributed by atoms with van der Waals surface area (Å²) in [5.74, 6) is -1.68. The van der Waals surface area contributed by atoms with Crippen molar-refractivity contribution in [2.45, 2.75) is 31.7 Å². The van der Waals surface area contributed by atoms with E-state index in [4.69, 9.17) is 5.73 Å². The van der Waals surface area contributed by atoms with Crippen molar-refractivity contribution in [3.63, 3.8) is 0 Å². The number of nitrogens with one attached hydrogen (secondary N) is 1. The molecule has 5 heteroatoms. The van der Waals surface area contributed by atoms with Gasteiger partial charge in [0.1, 0.15) is 11.6 Å². The van der Waals surface area contributed by atoms with E-state index in [1.54, 1.807) is 0 Å². The predicted octanol–water partition coefficient (Wildman–Crippen LogP) is 2.21. The van der Waals surface area contributed by atoms with Crippen molar-refractivity contribution in [3.8, 4) is 0 Å². The molecule has 0 aromatic heterocycles. The Bertz CT molecular complexity index is 465. The van der Waals surface area contributed by atoms with E-state index in [0.29, 0.717) is 18.5 Å². The largest absolute Gasteiger partial charge is 0.352 e. The Labute approximate surface area is 111 Å². The number of rotatable bonds is 3. The first kappa shape index (κ1) is 13.9. The summed E-state index contributed by atoms with van der Waals surface area (Å²) in [5.41, 5.74) is 5.75. The van der Waals surface area contributed by atoms with Crippen molar-refractivity contribution in [2.75, 3.05) is 6.54 Å². The van der Waals surface area contributed by atoms with Crippen molar-refractivity contribution in [2.24, 2.45) is 11.7 Å². The third-order valence-electron chi connectivity index (χ3n) is 3.55. The van der Waals surface area contributed by atoms with Gasteiger partial charge >= 0.3 is 0 Å². The van der Waals surface area contributed by atoms with Crippen molar-refractivity contribution in [1.29, 1.82) is 0 Å². The maximum absolute atomic E-state index is 13.4. The van der Waals surface area contributed by atoms with Crippen LogP contribution in [-0.2, 0) is 0 Å². The van der Waals surface area contributed by atoms with Crippen LogP contribution in [-0.4, -0.2) is 18.5 Å². The molecule has 2 rings (SSSR count). The zero-order valence-corrected chi connectivity index (χ0v) is 10.7. The smallest absolute Gasteiger partial charge is 0.254 e. The van der Waals surface area contributed by atoms with Gasteiger partial charge in [-0.2, -0.15) is 0 Å². The molecule has 1 aromatic rings. The van der Waals surface area contributed by atoms with Crippen LogP contribution in [0.4, 0.5) is 8.78 Å². The lowest BCUT2D eigenvalue weighted by Crippen LogP contribution is -2.35. The zero-order chi connectivity index (χ0) is 13.8. The van der Waals surface area contributed by atoms with Crippen LogP contribution in [0.2, 0.25) is 0 Å². The third-order valence-corrected chi connectivity index (χ3v) is 3.55. The second-order valence-electron chi connectivity index (χ2n) is 5.13. The van der Waals surface area contributed by atoms with Crippen LogP contribution in [0.5, 0.6) is 0 Å². The number of benzene rings is 1. The Morgan fingerprint density at radius 2 is 2.16 bits per heavy atom. The van der Waals surface area contributed by atoms with Crippen molar-refractivity contribution in [3.05, 3.63) is 35.4 Å². The lowest BCUT2D eigenvalue weighted by molar-refractivity contribution is 0.0938. The van der Waals surface area contributed by atoms with Crippen molar-refractivity contribution >= 4 is 5.91 Å². The van der Waals surface area contributed by atoms with E-state index in [9.17, 15) is 13.6 Å². The van der Waals surface area contributed by atoms with E-state index in [1.165, 1.54) is 0 Å². The lowest BCUT2D eigenvalue weighted by atomic mass is 9.86. The van der Waals surface area contributed by atoms with Crippen LogP contribution in [0.15, 0.2) is 18.2 Å². The minimum Gasteiger partial charge on any atom is -0.352 e. The SMILES string of the molecule is NC1CCCC(CNC(=O)c2ccc(F)cc2F)C1. The molecule has 0 heterocycles. The first-order chi connectivity index (χ1) is 9.06. The van der Waals surface area contributed by atoms with Gasteiger partial charge in [-0.1, -0.05) is 6.42 Å². The predicted molar refractivity (Wildman–Crippen MR) is 68.6 cm³/mol. The van der Waals surface area contributed by atoms with Crippen molar-refractivity contribution in [1.82, 2.24) is 5.32 Å². The zero-order valence-electron chi connectivity index (χ0n) is 10.7. The summed E-state index contributed by atoms with van der Waals surface area (Å²) in [5, 5.41) is 2.69. The highest BCUT2D eigenvalue weighted by Gasteiger charge is 2.20. The molecule has 19 heavy (non-hydrogen) atoms. The fraction of sp³-hybridized carbons (Fsp3) is 0.500. The van der Waals surface area contributed by atoms with Crippen LogP contribution in [0, 0.1) is 17.6 Å². The summed E-state index contributed by atoms with van der Waals surface area (Å²) in [4.78, 5) is 11.8. The fourth-order valence-corrected chi connectivity index (χ4v) is 2.52. The first-order valence-electron chi connectivity index (χ1n) is 6.55. The molecule has 0 radical (unpaired) electrons. The Morgan fingerprint density at radius 3 is 2.84 bits per heavy atom. The van der Waals surface area contributed by atoms with Gasteiger partial charge in [-0.3, -0.25) is 4.79 Å². The molecule has 0 saturated heterocycles. The monoisotopic (exact) mass is 268 g/mol. The first-order valence-corrected chi connectivity index (χ1v) is 6.55. The summed E-state index contributed by atoms with van der Waals surface area (Å²) in [6.45, 7) is 0.489. The fourth-order valence-electron chi connectivity index (χ4n) is 2.52. The molecular formula is C14H18F2N2O. The van der Waals surface area contributed by atoms with Crippen LogP contribution in [0.1, 0.15) is 36.0 Å². The highest BCUT2D eigenvalue weighted by Crippen LogP contribution is 2.22. The van der Waals surface area contributed by atoms with Crippen LogP contribution in [0.25, 0.3) is 0 Å². The molecule has 1 amide bonds. The summed E-state index contributed by atoms with van der Waals surface area (Å²) in [6, 6.07) is 3.14. The maximum Gasteiger partial charge on any atom is 0.254 e. The number of nitrogens with two attached hydrogens (primary N) is 1. The van der Waals surface area contributed by atoms with Crippen molar-refractivity contribution < 1.29 is 13.6 Å². The summed E-state index contributed by atoms with van der Waals surface area (Å²) in [6.07, 6.45) is 4.00. The average molecular weight is 268 g/mol. The van der Waals surface area contributed by atoms with Gasteiger partial charge in [0.2, 0.25) is 0 Å². The molecule has 1 fully saturated rings. The van der Waals surface area contributed by atoms with Gasteiger partial charge in [-0.15, -0.1) is 0 Å². The number of hydrogen-bond donors (Lipinski definition) is 2. The molecule has 0 bridgehead atoms. The molecule has 3 N–H and O–H groups in total. The van der Waals surface area contributed by atoms with Gasteiger partial charge in [0.05, 0.1) is 5.56 Å². The number of hydrogen-bond acceptors (Lipinski definition) is 2. The minimum absolute atomic E-state index is 0.124. The van der Waals surface area contributed by atoms with Crippen LogP contribution < -0.4 is 11.1 Å². The molecule has 1 aliphatic carbocycles. The van der Waals surface area contributed by atoms with E-state index in [1.807, 2.05) is 0 Å². The Kier molecular flexibility index (Phi) is 4.47. The van der Waals surface area contributed by atoms with Gasteiger partial charge < -0.3 is 11.1 Å². The Morgan fingerprint density at radius 1 is 1.37 bits per heavy atom. The van der Waals surface area contributed by atoms with Crippen LogP contribution in [0.3, 0.4) is 0 Å². The van der Waals surface area contributed by atoms with Gasteiger partial charge in [-0.25, -0.2) is 8.78 Å². The maximum atomic E-state index is 13.4. The Hall–Kier alpha value is -1.49. The molecular weight excluding hydrogens is 250 g/mol. The third kappa shape index (κ3) is 3.73. The van der Waals surface area contributed by atoms with Gasteiger partial charge in [0.25, 0.3) is 5.91 Å². The minimum atomic E-state index is -0.835. The topological polar surface area (TPSA) is 55.1 Å². The molecule has 1 aliphatic rings. The highest BCUT2D eigenvalue weighted by atomic mass is 19.1. The highest BCUT2D eigenvalue weighted by molar-refractivity contribution is 5.94. The average Bonchev–Trinajstić information content (AvgIpc) is 2.36. The summed E-state index contributed by atoms with van der Waals surface area (Å²) in [7, 11) is 0. The van der Waals surface area contributed by atoms with Gasteiger partial charge in [-0.05, 0) is 37.3 Å².